The number of carbonyl (C=O) groups is 1. The van der Waals surface area contributed by atoms with E-state index in [1.165, 1.54) is 23.9 Å². The van der Waals surface area contributed by atoms with Crippen molar-refractivity contribution < 1.29 is 4.79 Å². The molecular weight excluding hydrogens is 292 g/mol. The Bertz CT molecular complexity index is 598. The van der Waals surface area contributed by atoms with Crippen LogP contribution in [-0.2, 0) is 0 Å². The Morgan fingerprint density at radius 2 is 2.29 bits per heavy atom. The average molecular weight is 309 g/mol. The second-order valence-electron chi connectivity index (χ2n) is 5.02. The summed E-state index contributed by atoms with van der Waals surface area (Å²) in [5, 5.41) is 13.8. The van der Waals surface area contributed by atoms with E-state index >= 15 is 0 Å². The number of aromatic nitrogens is 4. The zero-order chi connectivity index (χ0) is 13.9. The first-order chi connectivity index (χ1) is 9.74. The Labute approximate surface area is 128 Å². The van der Waals surface area contributed by atoms with Crippen LogP contribution in [0.4, 0.5) is 0 Å². The molecule has 112 valence electrons. The number of amides is 1. The molecule has 8 heteroatoms. The summed E-state index contributed by atoms with van der Waals surface area (Å²) >= 11 is 0. The summed E-state index contributed by atoms with van der Waals surface area (Å²) in [6.07, 6.45) is 3.83. The van der Waals surface area contributed by atoms with Crippen molar-refractivity contribution >= 4 is 18.3 Å². The lowest BCUT2D eigenvalue weighted by atomic mass is 10.1. The highest BCUT2D eigenvalue weighted by Crippen LogP contribution is 2.31. The summed E-state index contributed by atoms with van der Waals surface area (Å²) < 4.78 is 1.51. The number of nitrogens with one attached hydrogen (secondary N) is 1. The van der Waals surface area contributed by atoms with E-state index in [1.807, 2.05) is 6.07 Å². The number of rotatable bonds is 5. The van der Waals surface area contributed by atoms with Crippen LogP contribution in [0.5, 0.6) is 0 Å². The Morgan fingerprint density at radius 3 is 2.95 bits per heavy atom. The van der Waals surface area contributed by atoms with Gasteiger partial charge in [-0.3, -0.25) is 4.79 Å². The highest BCUT2D eigenvalue weighted by atomic mass is 35.5. The molecule has 0 spiro atoms. The predicted octanol–water partition coefficient (Wildman–Crippen LogP) is 0.551. The van der Waals surface area contributed by atoms with Crippen molar-refractivity contribution in [3.05, 3.63) is 36.2 Å². The molecule has 1 aliphatic rings. The largest absolute Gasteiger partial charge is 0.350 e. The number of carbonyl (C=O) groups excluding carboxylic acids is 1. The van der Waals surface area contributed by atoms with Crippen molar-refractivity contribution in [1.29, 1.82) is 0 Å². The van der Waals surface area contributed by atoms with E-state index in [0.717, 1.165) is 5.69 Å². The normalized spacial score (nSPS) is 15.1. The fourth-order valence-corrected chi connectivity index (χ4v) is 2.07. The van der Waals surface area contributed by atoms with Crippen LogP contribution in [0.15, 0.2) is 30.6 Å². The molecule has 0 saturated heterocycles. The molecule has 21 heavy (non-hydrogen) atoms. The molecule has 7 nitrogen and oxygen atoms in total. The van der Waals surface area contributed by atoms with Crippen LogP contribution in [0.3, 0.4) is 0 Å². The van der Waals surface area contributed by atoms with Gasteiger partial charge < -0.3 is 11.1 Å². The molecule has 3 N–H and O–H groups in total. The third-order valence-electron chi connectivity index (χ3n) is 3.45. The molecule has 1 aromatic carbocycles. The molecule has 1 fully saturated rings. The molecule has 1 aromatic heterocycles. The van der Waals surface area contributed by atoms with Crippen LogP contribution in [0, 0.1) is 5.92 Å². The molecule has 1 heterocycles. The summed E-state index contributed by atoms with van der Waals surface area (Å²) in [4.78, 5) is 12.1. The first-order valence-electron chi connectivity index (χ1n) is 6.61. The van der Waals surface area contributed by atoms with Gasteiger partial charge in [-0.05, 0) is 47.4 Å². The van der Waals surface area contributed by atoms with Gasteiger partial charge in [-0.2, -0.15) is 0 Å². The summed E-state index contributed by atoms with van der Waals surface area (Å²) in [7, 11) is 0. The molecular formula is C13H17ClN6O. The molecule has 1 amide bonds. The lowest BCUT2D eigenvalue weighted by molar-refractivity contribution is 0.0950. The maximum Gasteiger partial charge on any atom is 0.251 e. The third-order valence-corrected chi connectivity index (χ3v) is 3.45. The third kappa shape index (κ3) is 3.77. The van der Waals surface area contributed by atoms with Crippen molar-refractivity contribution in [3.63, 3.8) is 0 Å². The molecule has 1 unspecified atom stereocenters. The van der Waals surface area contributed by atoms with Gasteiger partial charge in [0, 0.05) is 18.2 Å². The summed E-state index contributed by atoms with van der Waals surface area (Å²) in [5.41, 5.74) is 7.28. The van der Waals surface area contributed by atoms with Crippen LogP contribution >= 0.6 is 12.4 Å². The van der Waals surface area contributed by atoms with Crippen LogP contribution < -0.4 is 11.1 Å². The Morgan fingerprint density at radius 1 is 1.48 bits per heavy atom. The Balaban J connectivity index is 0.00000161. The van der Waals surface area contributed by atoms with E-state index in [-0.39, 0.29) is 24.4 Å². The van der Waals surface area contributed by atoms with E-state index in [1.54, 1.807) is 18.2 Å². The molecule has 1 aliphatic carbocycles. The van der Waals surface area contributed by atoms with Gasteiger partial charge in [0.1, 0.15) is 6.33 Å². The van der Waals surface area contributed by atoms with Crippen LogP contribution in [0.25, 0.3) is 5.69 Å². The number of hydrogen-bond acceptors (Lipinski definition) is 5. The number of benzene rings is 1. The van der Waals surface area contributed by atoms with Crippen molar-refractivity contribution in [2.45, 2.75) is 18.9 Å². The number of halogens is 1. The molecule has 0 aliphatic heterocycles. The van der Waals surface area contributed by atoms with E-state index in [4.69, 9.17) is 5.73 Å². The Kier molecular flexibility index (Phi) is 4.87. The molecule has 3 rings (SSSR count). The number of nitrogens with zero attached hydrogens (tertiary/aromatic N) is 4. The quantitative estimate of drug-likeness (QED) is 0.840. The second kappa shape index (κ2) is 6.64. The van der Waals surface area contributed by atoms with Crippen LogP contribution in [0.2, 0.25) is 0 Å². The smallest absolute Gasteiger partial charge is 0.251 e. The maximum absolute atomic E-state index is 12.1. The van der Waals surface area contributed by atoms with E-state index in [9.17, 15) is 4.79 Å². The summed E-state index contributed by atoms with van der Waals surface area (Å²) in [6.45, 7) is 0.513. The maximum atomic E-state index is 12.1. The van der Waals surface area contributed by atoms with Crippen LogP contribution in [0.1, 0.15) is 23.2 Å². The zero-order valence-electron chi connectivity index (χ0n) is 11.3. The standard InChI is InChI=1S/C13H16N6O.ClH/c14-12(9-4-5-9)7-15-13(20)10-2-1-3-11(6-10)19-8-16-17-18-19;/h1-3,6,8-9,12H,4-5,7,14H2,(H,15,20);1H. The van der Waals surface area contributed by atoms with Gasteiger partial charge in [0.15, 0.2) is 0 Å². The monoisotopic (exact) mass is 308 g/mol. The van der Waals surface area contributed by atoms with Crippen molar-refractivity contribution in [1.82, 2.24) is 25.5 Å². The molecule has 0 bridgehead atoms. The number of nitrogens with two attached hydrogens (primary N) is 1. The van der Waals surface area contributed by atoms with Crippen molar-refractivity contribution in [2.24, 2.45) is 11.7 Å². The summed E-state index contributed by atoms with van der Waals surface area (Å²) in [5.74, 6) is 0.443. The average Bonchev–Trinajstić information content (AvgIpc) is 3.19. The minimum absolute atomic E-state index is 0. The minimum Gasteiger partial charge on any atom is -0.350 e. The lowest BCUT2D eigenvalue weighted by Crippen LogP contribution is -2.38. The fraction of sp³-hybridized carbons (Fsp3) is 0.385. The first kappa shape index (κ1) is 15.4. The highest BCUT2D eigenvalue weighted by molar-refractivity contribution is 5.94. The van der Waals surface area contributed by atoms with E-state index < -0.39 is 0 Å². The van der Waals surface area contributed by atoms with Gasteiger partial charge in [0.05, 0.1) is 5.69 Å². The van der Waals surface area contributed by atoms with Gasteiger partial charge in [0.25, 0.3) is 5.91 Å². The van der Waals surface area contributed by atoms with Crippen LogP contribution in [-0.4, -0.2) is 38.7 Å². The molecule has 1 atom stereocenters. The minimum atomic E-state index is -0.129. The topological polar surface area (TPSA) is 98.7 Å². The predicted molar refractivity (Wildman–Crippen MR) is 79.4 cm³/mol. The number of tetrazole rings is 1. The van der Waals surface area contributed by atoms with E-state index in [0.29, 0.717) is 18.0 Å². The Hall–Kier alpha value is -1.99. The second-order valence-corrected chi connectivity index (χ2v) is 5.02. The number of hydrogen-bond donors (Lipinski definition) is 2. The first-order valence-corrected chi connectivity index (χ1v) is 6.61. The van der Waals surface area contributed by atoms with Gasteiger partial charge in [-0.1, -0.05) is 6.07 Å². The van der Waals surface area contributed by atoms with Gasteiger partial charge in [-0.25, -0.2) is 4.68 Å². The SMILES string of the molecule is Cl.NC(CNC(=O)c1cccc(-n2cnnn2)c1)C1CC1. The summed E-state index contributed by atoms with van der Waals surface area (Å²) in [6, 6.07) is 7.19. The lowest BCUT2D eigenvalue weighted by Gasteiger charge is -2.12. The highest BCUT2D eigenvalue weighted by Gasteiger charge is 2.28. The fourth-order valence-electron chi connectivity index (χ4n) is 2.07. The molecule has 0 radical (unpaired) electrons. The van der Waals surface area contributed by atoms with Crippen molar-refractivity contribution in [2.75, 3.05) is 6.54 Å². The van der Waals surface area contributed by atoms with Gasteiger partial charge in [-0.15, -0.1) is 17.5 Å². The zero-order valence-corrected chi connectivity index (χ0v) is 12.2. The molecule has 1 saturated carbocycles. The van der Waals surface area contributed by atoms with Gasteiger partial charge in [0.2, 0.25) is 0 Å². The van der Waals surface area contributed by atoms with Gasteiger partial charge >= 0.3 is 0 Å². The van der Waals surface area contributed by atoms with E-state index in [2.05, 4.69) is 20.8 Å². The molecule has 2 aromatic rings. The van der Waals surface area contributed by atoms with Crippen molar-refractivity contribution in [3.8, 4) is 5.69 Å².